The number of hydrogen-bond acceptors (Lipinski definition) is 9. The van der Waals surface area contributed by atoms with Crippen molar-refractivity contribution in [2.75, 3.05) is 30.3 Å². The van der Waals surface area contributed by atoms with Crippen LogP contribution in [0.25, 0.3) is 6.08 Å². The molecule has 5 heterocycles. The predicted octanol–water partition coefficient (Wildman–Crippen LogP) is 6.10. The molecule has 0 aliphatic carbocycles. The molecule has 1 saturated heterocycles. The van der Waals surface area contributed by atoms with Crippen molar-refractivity contribution < 1.29 is 9.21 Å². The molecule has 7 nitrogen and oxygen atoms in total. The van der Waals surface area contributed by atoms with Crippen LogP contribution in [0, 0.1) is 6.92 Å². The van der Waals surface area contributed by atoms with Crippen LogP contribution in [0.5, 0.6) is 0 Å². The molecular weight excluding hydrogens is 547 g/mol. The maximum atomic E-state index is 13.0. The lowest BCUT2D eigenvalue weighted by Gasteiger charge is -2.21. The van der Waals surface area contributed by atoms with Gasteiger partial charge in [0.25, 0.3) is 5.91 Å². The lowest BCUT2D eigenvalue weighted by Crippen LogP contribution is -2.33. The average Bonchev–Trinajstić information content (AvgIpc) is 3.75. The number of thioether (sulfide) groups is 3. The Bertz CT molecular complexity index is 1410. The van der Waals surface area contributed by atoms with Gasteiger partial charge in [-0.15, -0.1) is 35.3 Å². The van der Waals surface area contributed by atoms with E-state index in [2.05, 4.69) is 43.1 Å². The second-order valence-corrected chi connectivity index (χ2v) is 14.1. The van der Waals surface area contributed by atoms with Crippen molar-refractivity contribution in [3.8, 4) is 0 Å². The molecular formula is C29H33N5O2S3. The van der Waals surface area contributed by atoms with E-state index in [-0.39, 0.29) is 11.4 Å². The van der Waals surface area contributed by atoms with Crippen molar-refractivity contribution in [2.45, 2.75) is 57.2 Å². The van der Waals surface area contributed by atoms with Gasteiger partial charge in [0.1, 0.15) is 22.4 Å². The van der Waals surface area contributed by atoms with Crippen LogP contribution < -0.4 is 0 Å². The molecule has 2 aromatic rings. The normalized spacial score (nSPS) is 30.8. The summed E-state index contributed by atoms with van der Waals surface area (Å²) < 4.78 is 6.06. The van der Waals surface area contributed by atoms with Gasteiger partial charge >= 0.3 is 0 Å². The van der Waals surface area contributed by atoms with Gasteiger partial charge in [-0.2, -0.15) is 0 Å². The number of oxazole rings is 1. The van der Waals surface area contributed by atoms with Gasteiger partial charge in [0, 0.05) is 30.3 Å². The second-order valence-electron chi connectivity index (χ2n) is 11.1. The molecule has 0 spiro atoms. The summed E-state index contributed by atoms with van der Waals surface area (Å²) in [4.78, 5) is 35.0. The number of carbonyl (C=O) groups excluding carboxylic acids is 1. The highest BCUT2D eigenvalue weighted by atomic mass is 32.2. The minimum absolute atomic E-state index is 0.0342. The highest BCUT2D eigenvalue weighted by Gasteiger charge is 2.48. The number of benzene rings is 1. The van der Waals surface area contributed by atoms with Crippen molar-refractivity contribution in [1.82, 2.24) is 9.88 Å². The number of rotatable bonds is 6. The summed E-state index contributed by atoms with van der Waals surface area (Å²) >= 11 is 5.29. The molecule has 0 radical (unpaired) electrons. The summed E-state index contributed by atoms with van der Waals surface area (Å²) in [5.41, 5.74) is 0.223. The third-order valence-corrected chi connectivity index (χ3v) is 11.8. The first-order chi connectivity index (χ1) is 18.7. The van der Waals surface area contributed by atoms with E-state index in [0.717, 1.165) is 52.6 Å². The zero-order valence-corrected chi connectivity index (χ0v) is 25.2. The molecule has 204 valence electrons. The molecule has 0 saturated carbocycles. The number of likely N-dealkylation sites (tertiary alicyclic amines) is 1. The summed E-state index contributed by atoms with van der Waals surface area (Å²) in [5, 5.41) is 3.11. The Labute approximate surface area is 242 Å². The van der Waals surface area contributed by atoms with Crippen LogP contribution in [0.4, 0.5) is 0 Å². The van der Waals surface area contributed by atoms with Crippen molar-refractivity contribution in [1.29, 1.82) is 0 Å². The molecule has 4 aliphatic heterocycles. The maximum absolute atomic E-state index is 13.0. The Hall–Kier alpha value is -2.30. The van der Waals surface area contributed by atoms with Crippen molar-refractivity contribution in [3.63, 3.8) is 0 Å². The maximum Gasteiger partial charge on any atom is 0.276 e. The van der Waals surface area contributed by atoms with Gasteiger partial charge in [-0.1, -0.05) is 36.4 Å². The van der Waals surface area contributed by atoms with Crippen molar-refractivity contribution >= 4 is 62.4 Å². The molecule has 6 rings (SSSR count). The van der Waals surface area contributed by atoms with Gasteiger partial charge in [-0.05, 0) is 52.2 Å². The van der Waals surface area contributed by atoms with E-state index in [1.165, 1.54) is 5.56 Å². The Morgan fingerprint density at radius 3 is 2.21 bits per heavy atom. The van der Waals surface area contributed by atoms with Gasteiger partial charge in [-0.25, -0.2) is 4.98 Å². The highest BCUT2D eigenvalue weighted by molar-refractivity contribution is 8.17. The van der Waals surface area contributed by atoms with E-state index in [1.54, 1.807) is 35.3 Å². The van der Waals surface area contributed by atoms with Gasteiger partial charge in [0.2, 0.25) is 5.89 Å². The zero-order valence-electron chi connectivity index (χ0n) is 22.8. The van der Waals surface area contributed by atoms with Crippen LogP contribution in [0.15, 0.2) is 55.8 Å². The number of nitrogens with zero attached hydrogens (tertiary/aromatic N) is 5. The minimum Gasteiger partial charge on any atom is -0.442 e. The van der Waals surface area contributed by atoms with Crippen LogP contribution in [0.2, 0.25) is 0 Å². The van der Waals surface area contributed by atoms with E-state index in [9.17, 15) is 4.79 Å². The first kappa shape index (κ1) is 26.9. The monoisotopic (exact) mass is 579 g/mol. The molecule has 1 aromatic carbocycles. The first-order valence-electron chi connectivity index (χ1n) is 13.4. The van der Waals surface area contributed by atoms with E-state index in [0.29, 0.717) is 23.1 Å². The smallest absolute Gasteiger partial charge is 0.276 e. The topological polar surface area (TPSA) is 83.4 Å². The highest BCUT2D eigenvalue weighted by Crippen LogP contribution is 2.46. The fraction of sp³-hybridized carbons (Fsp3) is 0.483. The molecule has 39 heavy (non-hydrogen) atoms. The Morgan fingerprint density at radius 2 is 1.49 bits per heavy atom. The molecule has 1 fully saturated rings. The largest absolute Gasteiger partial charge is 0.442 e. The lowest BCUT2D eigenvalue weighted by molar-refractivity contribution is 0.0786. The molecule has 0 N–H and O–H groups in total. The molecule has 3 atom stereocenters. The molecule has 0 bridgehead atoms. The minimum atomic E-state index is -0.624. The van der Waals surface area contributed by atoms with Gasteiger partial charge in [0.05, 0.1) is 15.1 Å². The summed E-state index contributed by atoms with van der Waals surface area (Å²) in [5.74, 6) is 3.48. The van der Waals surface area contributed by atoms with Gasteiger partial charge in [0.15, 0.2) is 5.69 Å². The molecule has 1 amide bonds. The van der Waals surface area contributed by atoms with Gasteiger partial charge < -0.3 is 9.32 Å². The van der Waals surface area contributed by atoms with Crippen molar-refractivity contribution in [3.05, 3.63) is 59.3 Å². The average molecular weight is 580 g/mol. The van der Waals surface area contributed by atoms with Crippen LogP contribution in [0.3, 0.4) is 0 Å². The third kappa shape index (κ3) is 5.15. The van der Waals surface area contributed by atoms with E-state index >= 15 is 0 Å². The predicted molar refractivity (Wildman–Crippen MR) is 166 cm³/mol. The molecule has 1 aromatic heterocycles. The third-order valence-electron chi connectivity index (χ3n) is 7.53. The first-order valence-corrected chi connectivity index (χ1v) is 16.3. The van der Waals surface area contributed by atoms with Crippen molar-refractivity contribution in [2.24, 2.45) is 15.0 Å². The number of hydrogen-bond donors (Lipinski definition) is 0. The van der Waals surface area contributed by atoms with Crippen LogP contribution >= 0.6 is 35.3 Å². The Kier molecular flexibility index (Phi) is 7.08. The standard InChI is InChI=1S/C29H33N5O2S3/c1-19-22(23(35)34-14-8-9-15-34)30-24(36-19)27(2)16-38-26(32-27)29(4)18-39-25(33-29)28(3)17-37-21(31-28)13-12-20-10-6-5-7-11-20/h5-7,10-13H,8-9,14-18H2,1-4H3/b13-12+/t27-,28-,29-/m0/s1. The SMILES string of the molecule is Cc1oc([C@]2(C)CSC([C@]3(C)CSC([C@]4(C)CSC(/C=C/c5ccccc5)=N4)=N3)=N2)nc1C(=O)N1CCCC1. The fourth-order valence-corrected chi connectivity index (χ4v) is 8.97. The van der Waals surface area contributed by atoms with E-state index in [1.807, 2.05) is 36.9 Å². The molecule has 4 aliphatic rings. The Morgan fingerprint density at radius 1 is 0.872 bits per heavy atom. The summed E-state index contributed by atoms with van der Waals surface area (Å²) in [6.45, 7) is 9.80. The molecule has 0 unspecified atom stereocenters. The fourth-order valence-electron chi connectivity index (χ4n) is 5.11. The zero-order chi connectivity index (χ0) is 27.3. The summed E-state index contributed by atoms with van der Waals surface area (Å²) in [7, 11) is 0. The van der Waals surface area contributed by atoms with Crippen LogP contribution in [-0.4, -0.2) is 72.3 Å². The lowest BCUT2D eigenvalue weighted by atomic mass is 10.0. The quantitative estimate of drug-likeness (QED) is 0.411. The van der Waals surface area contributed by atoms with E-state index in [4.69, 9.17) is 19.4 Å². The summed E-state index contributed by atoms with van der Waals surface area (Å²) in [6.07, 6.45) is 6.31. The summed E-state index contributed by atoms with van der Waals surface area (Å²) in [6, 6.07) is 10.3. The van der Waals surface area contributed by atoms with Crippen LogP contribution in [-0.2, 0) is 5.54 Å². The van der Waals surface area contributed by atoms with E-state index < -0.39 is 11.1 Å². The second kappa shape index (κ2) is 10.3. The number of aryl methyl sites for hydroxylation is 1. The molecule has 10 heteroatoms. The van der Waals surface area contributed by atoms with Gasteiger partial charge in [-0.3, -0.25) is 19.8 Å². The number of aliphatic imine (C=N–C) groups is 3. The number of carbonyl (C=O) groups is 1. The number of amides is 1. The van der Waals surface area contributed by atoms with Crippen LogP contribution in [0.1, 0.15) is 61.3 Å². The number of aromatic nitrogens is 1. The Balaban J connectivity index is 1.20.